The molecule has 0 unspecified atom stereocenters. The first kappa shape index (κ1) is 19.3. The number of hydrogen-bond donors (Lipinski definition) is 3. The molecule has 0 spiro atoms. The zero-order valence-corrected chi connectivity index (χ0v) is 16.8. The van der Waals surface area contributed by atoms with E-state index in [1.54, 1.807) is 17.2 Å². The molecule has 0 saturated heterocycles. The average Bonchev–Trinajstić information content (AvgIpc) is 3.19. The largest absolute Gasteiger partial charge is 0.394 e. The Balaban J connectivity index is 1.35. The third-order valence-electron chi connectivity index (χ3n) is 5.87. The molecule has 7 heteroatoms. The molecule has 5 rings (SSSR count). The van der Waals surface area contributed by atoms with Crippen LogP contribution >= 0.6 is 0 Å². The Labute approximate surface area is 178 Å². The summed E-state index contributed by atoms with van der Waals surface area (Å²) < 4.78 is 0. The van der Waals surface area contributed by atoms with Gasteiger partial charge in [-0.1, -0.05) is 36.4 Å². The van der Waals surface area contributed by atoms with Crippen LogP contribution in [0.1, 0.15) is 21.6 Å². The molecule has 0 bridgehead atoms. The molecule has 1 aliphatic rings. The second-order valence-electron chi connectivity index (χ2n) is 7.72. The van der Waals surface area contributed by atoms with Crippen molar-refractivity contribution < 1.29 is 14.7 Å². The molecule has 2 aromatic carbocycles. The first-order valence-corrected chi connectivity index (χ1v) is 10.3. The summed E-state index contributed by atoms with van der Waals surface area (Å²) in [6.45, 7) is 0.495. The van der Waals surface area contributed by atoms with Gasteiger partial charge in [-0.05, 0) is 30.2 Å². The van der Waals surface area contributed by atoms with E-state index < -0.39 is 18.6 Å². The molecular weight excluding hydrogens is 392 g/mol. The summed E-state index contributed by atoms with van der Waals surface area (Å²) in [7, 11) is 0. The fraction of sp³-hybridized carbons (Fsp3) is 0.208. The minimum Gasteiger partial charge on any atom is -0.394 e. The highest BCUT2D eigenvalue weighted by Gasteiger charge is 2.30. The van der Waals surface area contributed by atoms with Crippen molar-refractivity contribution in [2.24, 2.45) is 0 Å². The number of amides is 2. The third kappa shape index (κ3) is 3.43. The molecule has 0 fully saturated rings. The molecule has 3 heterocycles. The fourth-order valence-electron chi connectivity index (χ4n) is 4.32. The molecule has 2 amide bonds. The summed E-state index contributed by atoms with van der Waals surface area (Å²) in [5.41, 5.74) is 4.41. The molecule has 4 aromatic rings. The predicted molar refractivity (Wildman–Crippen MR) is 118 cm³/mol. The van der Waals surface area contributed by atoms with Gasteiger partial charge in [-0.25, -0.2) is 0 Å². The molecule has 0 radical (unpaired) electrons. The molecule has 7 nitrogen and oxygen atoms in total. The standard InChI is InChI=1S/C24H22N4O3/c29-14-22(27-23(30)18-9-11-25-19-7-3-1-6-16(18)19)24(31)28-12-10-17-15-5-2-4-8-20(15)26-21(17)13-28/h1-9,11,22,26,29H,10,12-14H2,(H,27,30)/t22-/m0/s1. The van der Waals surface area contributed by atoms with E-state index in [9.17, 15) is 14.7 Å². The maximum absolute atomic E-state index is 13.1. The molecule has 2 aromatic heterocycles. The number of carbonyl (C=O) groups is 2. The molecule has 0 aliphatic carbocycles. The number of aromatic amines is 1. The number of hydrogen-bond acceptors (Lipinski definition) is 4. The van der Waals surface area contributed by atoms with Crippen LogP contribution in [0.5, 0.6) is 0 Å². The minimum atomic E-state index is -1.01. The number of para-hydroxylation sites is 2. The van der Waals surface area contributed by atoms with Gasteiger partial charge in [0.25, 0.3) is 5.91 Å². The Hall–Kier alpha value is -3.71. The van der Waals surface area contributed by atoms with E-state index >= 15 is 0 Å². The highest BCUT2D eigenvalue weighted by atomic mass is 16.3. The number of carbonyl (C=O) groups excluding carboxylic acids is 2. The maximum Gasteiger partial charge on any atom is 0.252 e. The van der Waals surface area contributed by atoms with Gasteiger partial charge in [0.1, 0.15) is 6.04 Å². The lowest BCUT2D eigenvalue weighted by atomic mass is 10.0. The second kappa shape index (κ2) is 7.85. The number of aliphatic hydroxyl groups excluding tert-OH is 1. The van der Waals surface area contributed by atoms with Crippen LogP contribution in [0.15, 0.2) is 60.8 Å². The summed E-state index contributed by atoms with van der Waals surface area (Å²) in [5, 5.41) is 14.5. The average molecular weight is 414 g/mol. The zero-order chi connectivity index (χ0) is 21.4. The van der Waals surface area contributed by atoms with Crippen LogP contribution in [-0.2, 0) is 17.8 Å². The van der Waals surface area contributed by atoms with Gasteiger partial charge in [0.2, 0.25) is 5.91 Å². The molecule has 1 atom stereocenters. The van der Waals surface area contributed by atoms with Crippen molar-refractivity contribution in [3.63, 3.8) is 0 Å². The van der Waals surface area contributed by atoms with Crippen molar-refractivity contribution in [2.75, 3.05) is 13.2 Å². The zero-order valence-electron chi connectivity index (χ0n) is 16.8. The lowest BCUT2D eigenvalue weighted by Crippen LogP contribution is -2.51. The molecule has 31 heavy (non-hydrogen) atoms. The third-order valence-corrected chi connectivity index (χ3v) is 5.87. The van der Waals surface area contributed by atoms with Crippen molar-refractivity contribution in [1.82, 2.24) is 20.2 Å². The van der Waals surface area contributed by atoms with Crippen molar-refractivity contribution in [2.45, 2.75) is 19.0 Å². The predicted octanol–water partition coefficient (Wildman–Crippen LogP) is 2.39. The number of aromatic nitrogens is 2. The summed E-state index contributed by atoms with van der Waals surface area (Å²) in [4.78, 5) is 35.4. The van der Waals surface area contributed by atoms with E-state index in [-0.39, 0.29) is 5.91 Å². The normalized spacial score (nSPS) is 14.4. The monoisotopic (exact) mass is 414 g/mol. The first-order chi connectivity index (χ1) is 15.2. The van der Waals surface area contributed by atoms with Gasteiger partial charge >= 0.3 is 0 Å². The molecule has 3 N–H and O–H groups in total. The van der Waals surface area contributed by atoms with Gasteiger partial charge in [-0.15, -0.1) is 0 Å². The van der Waals surface area contributed by atoms with Crippen LogP contribution in [0.4, 0.5) is 0 Å². The van der Waals surface area contributed by atoms with E-state index in [1.165, 1.54) is 10.9 Å². The van der Waals surface area contributed by atoms with Crippen LogP contribution in [0.3, 0.4) is 0 Å². The number of aliphatic hydroxyl groups is 1. The first-order valence-electron chi connectivity index (χ1n) is 10.3. The number of nitrogens with zero attached hydrogens (tertiary/aromatic N) is 2. The van der Waals surface area contributed by atoms with Gasteiger partial charge in [0.15, 0.2) is 0 Å². The van der Waals surface area contributed by atoms with Crippen molar-refractivity contribution >= 4 is 33.6 Å². The smallest absolute Gasteiger partial charge is 0.252 e. The number of H-pyrrole nitrogens is 1. The van der Waals surface area contributed by atoms with Crippen LogP contribution in [0.25, 0.3) is 21.8 Å². The van der Waals surface area contributed by atoms with E-state index in [2.05, 4.69) is 21.4 Å². The summed E-state index contributed by atoms with van der Waals surface area (Å²) >= 11 is 0. The Bertz CT molecular complexity index is 1290. The highest BCUT2D eigenvalue weighted by molar-refractivity contribution is 6.07. The SMILES string of the molecule is O=C(N[C@@H](CO)C(=O)N1CCc2c([nH]c3ccccc23)C1)c1ccnc2ccccc12. The Morgan fingerprint density at radius 2 is 1.87 bits per heavy atom. The molecular formula is C24H22N4O3. The van der Waals surface area contributed by atoms with Crippen LogP contribution < -0.4 is 5.32 Å². The fourth-order valence-corrected chi connectivity index (χ4v) is 4.32. The number of fused-ring (bicyclic) bond motifs is 4. The lowest BCUT2D eigenvalue weighted by Gasteiger charge is -2.30. The number of nitrogens with one attached hydrogen (secondary N) is 2. The molecule has 156 valence electrons. The van der Waals surface area contributed by atoms with Crippen LogP contribution in [-0.4, -0.2) is 51.0 Å². The minimum absolute atomic E-state index is 0.293. The quantitative estimate of drug-likeness (QED) is 0.478. The summed E-state index contributed by atoms with van der Waals surface area (Å²) in [6, 6.07) is 16.0. The van der Waals surface area contributed by atoms with Crippen molar-refractivity contribution in [1.29, 1.82) is 0 Å². The van der Waals surface area contributed by atoms with E-state index in [4.69, 9.17) is 0 Å². The Morgan fingerprint density at radius 1 is 1.10 bits per heavy atom. The van der Waals surface area contributed by atoms with Gasteiger partial charge in [0, 0.05) is 34.7 Å². The molecule has 0 saturated carbocycles. The van der Waals surface area contributed by atoms with E-state index in [0.29, 0.717) is 29.6 Å². The lowest BCUT2D eigenvalue weighted by molar-refractivity contribution is -0.135. The van der Waals surface area contributed by atoms with E-state index in [1.807, 2.05) is 42.5 Å². The second-order valence-corrected chi connectivity index (χ2v) is 7.72. The van der Waals surface area contributed by atoms with Gasteiger partial charge in [-0.2, -0.15) is 0 Å². The van der Waals surface area contributed by atoms with Gasteiger partial charge < -0.3 is 20.3 Å². The summed E-state index contributed by atoms with van der Waals surface area (Å²) in [5.74, 6) is -0.701. The summed E-state index contributed by atoms with van der Waals surface area (Å²) in [6.07, 6.45) is 2.29. The van der Waals surface area contributed by atoms with Crippen LogP contribution in [0, 0.1) is 0 Å². The number of pyridine rings is 1. The van der Waals surface area contributed by atoms with Gasteiger partial charge in [0.05, 0.1) is 24.2 Å². The van der Waals surface area contributed by atoms with Gasteiger partial charge in [-0.3, -0.25) is 14.6 Å². The number of rotatable bonds is 4. The Kier molecular flexibility index (Phi) is 4.88. The van der Waals surface area contributed by atoms with Crippen LogP contribution in [0.2, 0.25) is 0 Å². The van der Waals surface area contributed by atoms with Crippen molar-refractivity contribution in [3.05, 3.63) is 77.6 Å². The van der Waals surface area contributed by atoms with E-state index in [0.717, 1.165) is 17.6 Å². The highest BCUT2D eigenvalue weighted by Crippen LogP contribution is 2.27. The van der Waals surface area contributed by atoms with Crippen molar-refractivity contribution in [3.8, 4) is 0 Å². The number of benzene rings is 2. The topological polar surface area (TPSA) is 98.3 Å². The molecule has 1 aliphatic heterocycles. The maximum atomic E-state index is 13.1. The Morgan fingerprint density at radius 3 is 2.71 bits per heavy atom.